The maximum Gasteiger partial charge on any atom is 0.265 e. The molecule has 1 N–H and O–H groups in total. The lowest BCUT2D eigenvalue weighted by atomic mass is 10.2. The van der Waals surface area contributed by atoms with Crippen LogP contribution in [0, 0.1) is 11.8 Å². The number of thiophene rings is 1. The number of rotatable bonds is 4. The highest BCUT2D eigenvalue weighted by Gasteiger charge is 2.17. The molecule has 0 fully saturated rings. The van der Waals surface area contributed by atoms with Gasteiger partial charge in [0.1, 0.15) is 11.5 Å². The fourth-order valence-electron chi connectivity index (χ4n) is 1.52. The fraction of sp³-hybridized carbons (Fsp3) is 0.462. The van der Waals surface area contributed by atoms with Crippen LogP contribution in [0.15, 0.2) is 11.4 Å². The molecule has 92 valence electrons. The molecule has 0 aliphatic heterocycles. The number of amides is 1. The topological polar surface area (TPSA) is 40.5 Å². The summed E-state index contributed by atoms with van der Waals surface area (Å²) in [5.74, 6) is 5.42. The van der Waals surface area contributed by atoms with Gasteiger partial charge in [0.2, 0.25) is 0 Å². The number of carbonyl (C=O) groups excluding carboxylic acids is 1. The molecule has 1 heterocycles. The van der Waals surface area contributed by atoms with Crippen molar-refractivity contribution in [1.29, 1.82) is 0 Å². The normalized spacial score (nSPS) is 9.59. The van der Waals surface area contributed by atoms with Gasteiger partial charge in [0, 0.05) is 18.7 Å². The number of aliphatic hydroxyl groups excluding tert-OH is 1. The second kappa shape index (κ2) is 7.10. The maximum atomic E-state index is 12.2. The van der Waals surface area contributed by atoms with Crippen LogP contribution in [-0.2, 0) is 0 Å². The van der Waals surface area contributed by atoms with Crippen LogP contribution in [0.25, 0.3) is 0 Å². The van der Waals surface area contributed by atoms with Crippen LogP contribution in [0.1, 0.15) is 35.5 Å². The Hall–Kier alpha value is -1.31. The minimum atomic E-state index is -0.185. The summed E-state index contributed by atoms with van der Waals surface area (Å²) in [6, 6.07) is 1.82. The minimum absolute atomic E-state index is 0.0339. The third-order valence-electron chi connectivity index (χ3n) is 2.32. The highest BCUT2D eigenvalue weighted by molar-refractivity contribution is 7.12. The average molecular weight is 251 g/mol. The van der Waals surface area contributed by atoms with E-state index in [1.54, 1.807) is 0 Å². The standard InChI is InChI=1S/C13H17NO2S/c1-3-8-14(4-2)13(16)12-11(6-5-9-15)7-10-17-12/h7,10,15H,3-4,8-9H2,1-2H3. The Labute approximate surface area is 106 Å². The molecule has 0 saturated carbocycles. The number of hydrogen-bond acceptors (Lipinski definition) is 3. The highest BCUT2D eigenvalue weighted by atomic mass is 32.1. The van der Waals surface area contributed by atoms with E-state index in [0.29, 0.717) is 17.0 Å². The Morgan fingerprint density at radius 2 is 2.29 bits per heavy atom. The fourth-order valence-corrected chi connectivity index (χ4v) is 2.34. The summed E-state index contributed by atoms with van der Waals surface area (Å²) in [7, 11) is 0. The number of hydrogen-bond donors (Lipinski definition) is 1. The second-order valence-electron chi connectivity index (χ2n) is 3.51. The van der Waals surface area contributed by atoms with Crippen LogP contribution in [0.4, 0.5) is 0 Å². The SMILES string of the molecule is CCCN(CC)C(=O)c1sccc1C#CCO. The molecule has 0 aliphatic carbocycles. The summed E-state index contributed by atoms with van der Waals surface area (Å²) in [4.78, 5) is 14.7. The van der Waals surface area contributed by atoms with Crippen molar-refractivity contribution >= 4 is 17.2 Å². The molecule has 0 atom stereocenters. The van der Waals surface area contributed by atoms with Crippen molar-refractivity contribution in [1.82, 2.24) is 4.90 Å². The number of carbonyl (C=O) groups is 1. The number of nitrogens with zero attached hydrogens (tertiary/aromatic N) is 1. The summed E-state index contributed by atoms with van der Waals surface area (Å²) in [5.41, 5.74) is 0.712. The Balaban J connectivity index is 2.91. The average Bonchev–Trinajstić information content (AvgIpc) is 2.80. The van der Waals surface area contributed by atoms with E-state index in [1.165, 1.54) is 11.3 Å². The summed E-state index contributed by atoms with van der Waals surface area (Å²) >= 11 is 1.40. The molecule has 0 spiro atoms. The molecule has 0 radical (unpaired) electrons. The lowest BCUT2D eigenvalue weighted by Crippen LogP contribution is -2.31. The van der Waals surface area contributed by atoms with Crippen LogP contribution in [-0.4, -0.2) is 35.6 Å². The van der Waals surface area contributed by atoms with Gasteiger partial charge in [-0.15, -0.1) is 11.3 Å². The van der Waals surface area contributed by atoms with Gasteiger partial charge in [-0.3, -0.25) is 4.79 Å². The zero-order chi connectivity index (χ0) is 12.7. The lowest BCUT2D eigenvalue weighted by molar-refractivity contribution is 0.0769. The quantitative estimate of drug-likeness (QED) is 0.831. The molecule has 0 aromatic carbocycles. The zero-order valence-electron chi connectivity index (χ0n) is 10.2. The van der Waals surface area contributed by atoms with Gasteiger partial charge in [0.15, 0.2) is 0 Å². The molecule has 17 heavy (non-hydrogen) atoms. The summed E-state index contributed by atoms with van der Waals surface area (Å²) in [5, 5.41) is 10.5. The molecule has 0 aliphatic rings. The van der Waals surface area contributed by atoms with E-state index in [-0.39, 0.29) is 12.5 Å². The van der Waals surface area contributed by atoms with Crippen LogP contribution >= 0.6 is 11.3 Å². The smallest absolute Gasteiger partial charge is 0.265 e. The molecule has 0 saturated heterocycles. The lowest BCUT2D eigenvalue weighted by Gasteiger charge is -2.19. The molecule has 0 bridgehead atoms. The molecular formula is C13H17NO2S. The molecule has 1 aromatic rings. The van der Waals surface area contributed by atoms with Crippen LogP contribution in [0.2, 0.25) is 0 Å². The van der Waals surface area contributed by atoms with Gasteiger partial charge >= 0.3 is 0 Å². The maximum absolute atomic E-state index is 12.2. The third-order valence-corrected chi connectivity index (χ3v) is 3.23. The second-order valence-corrected chi connectivity index (χ2v) is 4.42. The monoisotopic (exact) mass is 251 g/mol. The van der Waals surface area contributed by atoms with Gasteiger partial charge in [-0.25, -0.2) is 0 Å². The van der Waals surface area contributed by atoms with Gasteiger partial charge in [-0.2, -0.15) is 0 Å². The predicted molar refractivity (Wildman–Crippen MR) is 70.2 cm³/mol. The molecular weight excluding hydrogens is 234 g/mol. The van der Waals surface area contributed by atoms with Gasteiger partial charge in [-0.1, -0.05) is 18.8 Å². The van der Waals surface area contributed by atoms with E-state index in [4.69, 9.17) is 5.11 Å². The molecule has 0 unspecified atom stereocenters. The van der Waals surface area contributed by atoms with Gasteiger partial charge in [-0.05, 0) is 24.8 Å². The van der Waals surface area contributed by atoms with E-state index in [9.17, 15) is 4.79 Å². The third kappa shape index (κ3) is 3.58. The molecule has 1 amide bonds. The van der Waals surface area contributed by atoms with Crippen molar-refractivity contribution < 1.29 is 9.90 Å². The van der Waals surface area contributed by atoms with Crippen molar-refractivity contribution in [2.24, 2.45) is 0 Å². The van der Waals surface area contributed by atoms with Crippen molar-refractivity contribution in [3.05, 3.63) is 21.9 Å². The first-order valence-corrected chi connectivity index (χ1v) is 6.59. The van der Waals surface area contributed by atoms with Crippen molar-refractivity contribution in [3.8, 4) is 11.8 Å². The van der Waals surface area contributed by atoms with Crippen molar-refractivity contribution in [2.45, 2.75) is 20.3 Å². The first-order chi connectivity index (χ1) is 8.24. The molecule has 1 aromatic heterocycles. The predicted octanol–water partition coefficient (Wildman–Crippen LogP) is 1.96. The van der Waals surface area contributed by atoms with Crippen LogP contribution < -0.4 is 0 Å². The molecule has 4 heteroatoms. The Morgan fingerprint density at radius 3 is 2.88 bits per heavy atom. The van der Waals surface area contributed by atoms with E-state index in [0.717, 1.165) is 13.0 Å². The van der Waals surface area contributed by atoms with Gasteiger partial charge in [0.05, 0.1) is 0 Å². The summed E-state index contributed by atoms with van der Waals surface area (Å²) < 4.78 is 0. The van der Waals surface area contributed by atoms with Crippen LogP contribution in [0.5, 0.6) is 0 Å². The zero-order valence-corrected chi connectivity index (χ0v) is 11.0. The Morgan fingerprint density at radius 1 is 1.53 bits per heavy atom. The Bertz CT molecular complexity index is 428. The van der Waals surface area contributed by atoms with E-state index >= 15 is 0 Å². The van der Waals surface area contributed by atoms with E-state index < -0.39 is 0 Å². The van der Waals surface area contributed by atoms with Gasteiger partial charge in [0.25, 0.3) is 5.91 Å². The summed E-state index contributed by atoms with van der Waals surface area (Å²) in [6.07, 6.45) is 0.947. The highest BCUT2D eigenvalue weighted by Crippen LogP contribution is 2.18. The van der Waals surface area contributed by atoms with E-state index in [2.05, 4.69) is 18.8 Å². The number of aliphatic hydroxyl groups is 1. The van der Waals surface area contributed by atoms with Crippen LogP contribution in [0.3, 0.4) is 0 Å². The minimum Gasteiger partial charge on any atom is -0.384 e. The van der Waals surface area contributed by atoms with E-state index in [1.807, 2.05) is 23.3 Å². The van der Waals surface area contributed by atoms with Crippen molar-refractivity contribution in [2.75, 3.05) is 19.7 Å². The first-order valence-electron chi connectivity index (χ1n) is 5.71. The van der Waals surface area contributed by atoms with Gasteiger partial charge < -0.3 is 10.0 Å². The summed E-state index contributed by atoms with van der Waals surface area (Å²) in [6.45, 7) is 5.31. The molecule has 1 rings (SSSR count). The Kier molecular flexibility index (Phi) is 5.75. The largest absolute Gasteiger partial charge is 0.384 e. The molecule has 3 nitrogen and oxygen atoms in total. The van der Waals surface area contributed by atoms with Crippen molar-refractivity contribution in [3.63, 3.8) is 0 Å². The first kappa shape index (κ1) is 13.8.